The van der Waals surface area contributed by atoms with Gasteiger partial charge in [-0.15, -0.1) is 0 Å². The normalized spacial score (nSPS) is 40.6. The molecule has 1 aliphatic carbocycles. The van der Waals surface area contributed by atoms with Crippen molar-refractivity contribution in [1.82, 2.24) is 4.90 Å². The molecule has 2 atom stereocenters. The molecule has 0 aromatic carbocycles. The summed E-state index contributed by atoms with van der Waals surface area (Å²) in [6.07, 6.45) is 12.1. The molecule has 2 saturated heterocycles. The lowest BCUT2D eigenvalue weighted by atomic mass is 9.82. The molecule has 0 amide bonds. The highest BCUT2D eigenvalue weighted by Crippen LogP contribution is 2.42. The zero-order valence-corrected chi connectivity index (χ0v) is 10.1. The average Bonchev–Trinajstić information content (AvgIpc) is 2.75. The second-order valence-electron chi connectivity index (χ2n) is 5.70. The Bertz CT molecular complexity index is 299. The van der Waals surface area contributed by atoms with Crippen LogP contribution in [0.2, 0.25) is 0 Å². The Balaban J connectivity index is 1.83. The van der Waals surface area contributed by atoms with E-state index in [0.29, 0.717) is 6.04 Å². The van der Waals surface area contributed by atoms with Crippen molar-refractivity contribution in [1.29, 1.82) is 0 Å². The molecule has 0 spiro atoms. The van der Waals surface area contributed by atoms with Gasteiger partial charge in [0.05, 0.1) is 0 Å². The molecule has 1 N–H and O–H groups in total. The van der Waals surface area contributed by atoms with Crippen LogP contribution in [0, 0.1) is 0 Å². The maximum absolute atomic E-state index is 11.0. The van der Waals surface area contributed by atoms with Crippen LogP contribution in [0.25, 0.3) is 0 Å². The molecule has 0 bridgehead atoms. The maximum Gasteiger partial charge on any atom is 0.102 e. The first-order valence-electron chi connectivity index (χ1n) is 6.97. The van der Waals surface area contributed by atoms with Gasteiger partial charge in [0.25, 0.3) is 0 Å². The molecule has 0 aromatic heterocycles. The van der Waals surface area contributed by atoms with Crippen molar-refractivity contribution in [3.05, 3.63) is 11.6 Å². The van der Waals surface area contributed by atoms with E-state index < -0.39 is 5.60 Å². The summed E-state index contributed by atoms with van der Waals surface area (Å²) >= 11 is 0. The van der Waals surface area contributed by atoms with Gasteiger partial charge in [-0.05, 0) is 57.1 Å². The van der Waals surface area contributed by atoms with Crippen LogP contribution in [0.4, 0.5) is 0 Å². The summed E-state index contributed by atoms with van der Waals surface area (Å²) in [5.74, 6) is 0. The lowest BCUT2D eigenvalue weighted by Gasteiger charge is -2.32. The van der Waals surface area contributed by atoms with E-state index in [2.05, 4.69) is 11.0 Å². The highest BCUT2D eigenvalue weighted by atomic mass is 16.3. The van der Waals surface area contributed by atoms with Crippen LogP contribution in [-0.2, 0) is 0 Å². The molecule has 0 aromatic rings. The fraction of sp³-hybridized carbons (Fsp3) is 0.857. The van der Waals surface area contributed by atoms with Crippen molar-refractivity contribution in [2.24, 2.45) is 0 Å². The van der Waals surface area contributed by atoms with Gasteiger partial charge < -0.3 is 5.11 Å². The van der Waals surface area contributed by atoms with Gasteiger partial charge in [-0.3, -0.25) is 4.90 Å². The largest absolute Gasteiger partial charge is 0.384 e. The minimum Gasteiger partial charge on any atom is -0.384 e. The maximum atomic E-state index is 11.0. The predicted molar refractivity (Wildman–Crippen MR) is 65.3 cm³/mol. The quantitative estimate of drug-likeness (QED) is 0.688. The van der Waals surface area contributed by atoms with Crippen LogP contribution < -0.4 is 0 Å². The summed E-state index contributed by atoms with van der Waals surface area (Å²) in [6, 6.07) is 0.442. The van der Waals surface area contributed by atoms with Crippen molar-refractivity contribution in [3.63, 3.8) is 0 Å². The number of nitrogens with zero attached hydrogens (tertiary/aromatic N) is 1. The van der Waals surface area contributed by atoms with E-state index in [1.54, 1.807) is 0 Å². The molecule has 2 fully saturated rings. The Morgan fingerprint density at radius 3 is 3.06 bits per heavy atom. The Labute approximate surface area is 98.3 Å². The minimum atomic E-state index is -0.457. The number of rotatable bonds is 1. The standard InChI is InChI=1S/C14H23NO/c16-14(12-6-3-1-2-4-7-12)9-11-15-10-5-8-13(14)15/h6,13,16H,1-5,7-11H2. The number of aliphatic hydroxyl groups is 1. The van der Waals surface area contributed by atoms with E-state index in [0.717, 1.165) is 19.4 Å². The van der Waals surface area contributed by atoms with Gasteiger partial charge in [-0.2, -0.15) is 0 Å². The van der Waals surface area contributed by atoms with Crippen LogP contribution in [-0.4, -0.2) is 34.7 Å². The topological polar surface area (TPSA) is 23.5 Å². The van der Waals surface area contributed by atoms with Crippen molar-refractivity contribution in [2.45, 2.75) is 63.0 Å². The first-order valence-corrected chi connectivity index (χ1v) is 6.97. The lowest BCUT2D eigenvalue weighted by molar-refractivity contribution is 0.0454. The van der Waals surface area contributed by atoms with E-state index in [1.165, 1.54) is 50.6 Å². The van der Waals surface area contributed by atoms with E-state index in [-0.39, 0.29) is 0 Å². The zero-order valence-electron chi connectivity index (χ0n) is 10.1. The molecule has 0 radical (unpaired) electrons. The van der Waals surface area contributed by atoms with Gasteiger partial charge >= 0.3 is 0 Å². The molecular formula is C14H23NO. The van der Waals surface area contributed by atoms with Crippen molar-refractivity contribution < 1.29 is 5.11 Å². The van der Waals surface area contributed by atoms with E-state index in [4.69, 9.17) is 0 Å². The van der Waals surface area contributed by atoms with E-state index >= 15 is 0 Å². The molecule has 90 valence electrons. The van der Waals surface area contributed by atoms with Gasteiger partial charge in [0.15, 0.2) is 0 Å². The SMILES string of the molecule is OC1(C2=CCCCCC2)CCN2CCCC21. The molecule has 3 aliphatic rings. The van der Waals surface area contributed by atoms with Gasteiger partial charge in [0, 0.05) is 12.6 Å². The molecule has 2 heteroatoms. The molecule has 2 heterocycles. The Hall–Kier alpha value is -0.340. The molecule has 2 unspecified atom stereocenters. The van der Waals surface area contributed by atoms with Crippen LogP contribution >= 0.6 is 0 Å². The summed E-state index contributed by atoms with van der Waals surface area (Å²) in [7, 11) is 0. The fourth-order valence-electron chi connectivity index (χ4n) is 3.90. The highest BCUT2D eigenvalue weighted by Gasteiger charge is 2.49. The van der Waals surface area contributed by atoms with Gasteiger partial charge in [0.2, 0.25) is 0 Å². The van der Waals surface area contributed by atoms with Gasteiger partial charge in [-0.25, -0.2) is 0 Å². The van der Waals surface area contributed by atoms with Gasteiger partial charge in [0.1, 0.15) is 5.60 Å². The molecule has 0 saturated carbocycles. The zero-order chi connectivity index (χ0) is 11.0. The van der Waals surface area contributed by atoms with Crippen molar-refractivity contribution >= 4 is 0 Å². The summed E-state index contributed by atoms with van der Waals surface area (Å²) in [6.45, 7) is 2.32. The third kappa shape index (κ3) is 1.63. The second-order valence-corrected chi connectivity index (χ2v) is 5.70. The predicted octanol–water partition coefficient (Wildman–Crippen LogP) is 2.48. The second kappa shape index (κ2) is 4.15. The third-order valence-corrected chi connectivity index (χ3v) is 4.79. The van der Waals surface area contributed by atoms with Crippen LogP contribution in [0.5, 0.6) is 0 Å². The van der Waals surface area contributed by atoms with Gasteiger partial charge in [-0.1, -0.05) is 12.5 Å². The fourth-order valence-corrected chi connectivity index (χ4v) is 3.90. The summed E-state index contributed by atoms with van der Waals surface area (Å²) < 4.78 is 0. The Morgan fingerprint density at radius 2 is 2.12 bits per heavy atom. The monoisotopic (exact) mass is 221 g/mol. The lowest BCUT2D eigenvalue weighted by Crippen LogP contribution is -2.42. The summed E-state index contributed by atoms with van der Waals surface area (Å²) in [5.41, 5.74) is 0.917. The number of hydrogen-bond acceptors (Lipinski definition) is 2. The first kappa shape index (κ1) is 10.8. The first-order chi connectivity index (χ1) is 7.81. The minimum absolute atomic E-state index is 0.442. The number of hydrogen-bond donors (Lipinski definition) is 1. The molecular weight excluding hydrogens is 198 g/mol. The molecule has 3 rings (SSSR count). The summed E-state index contributed by atoms with van der Waals surface area (Å²) in [5, 5.41) is 11.0. The molecule has 2 nitrogen and oxygen atoms in total. The van der Waals surface area contributed by atoms with E-state index in [9.17, 15) is 5.11 Å². The Kier molecular flexibility index (Phi) is 2.80. The van der Waals surface area contributed by atoms with E-state index in [1.807, 2.05) is 0 Å². The molecule has 16 heavy (non-hydrogen) atoms. The average molecular weight is 221 g/mol. The Morgan fingerprint density at radius 1 is 1.19 bits per heavy atom. The smallest absolute Gasteiger partial charge is 0.102 e. The molecule has 2 aliphatic heterocycles. The van der Waals surface area contributed by atoms with Crippen molar-refractivity contribution in [2.75, 3.05) is 13.1 Å². The van der Waals surface area contributed by atoms with Crippen LogP contribution in [0.1, 0.15) is 51.4 Å². The van der Waals surface area contributed by atoms with Crippen molar-refractivity contribution in [3.8, 4) is 0 Å². The van der Waals surface area contributed by atoms with Crippen LogP contribution in [0.3, 0.4) is 0 Å². The highest BCUT2D eigenvalue weighted by molar-refractivity contribution is 5.25. The third-order valence-electron chi connectivity index (χ3n) is 4.79. The summed E-state index contributed by atoms with van der Waals surface area (Å²) in [4.78, 5) is 2.51. The number of allylic oxidation sites excluding steroid dienone is 1. The number of fused-ring (bicyclic) bond motifs is 1. The van der Waals surface area contributed by atoms with Crippen LogP contribution in [0.15, 0.2) is 11.6 Å².